The van der Waals surface area contributed by atoms with E-state index in [4.69, 9.17) is 22.2 Å². The third-order valence-corrected chi connectivity index (χ3v) is 7.50. The molecule has 43 heavy (non-hydrogen) atoms. The minimum atomic E-state index is -0.731. The van der Waals surface area contributed by atoms with Crippen molar-refractivity contribution in [2.24, 2.45) is 0 Å². The summed E-state index contributed by atoms with van der Waals surface area (Å²) in [5.41, 5.74) is -1.11. The van der Waals surface area contributed by atoms with Gasteiger partial charge in [-0.1, -0.05) is 133 Å². The fourth-order valence-electron chi connectivity index (χ4n) is 5.71. The van der Waals surface area contributed by atoms with Crippen molar-refractivity contribution < 1.29 is 29.1 Å². The predicted octanol–water partition coefficient (Wildman–Crippen LogP) is 12.0. The van der Waals surface area contributed by atoms with Crippen LogP contribution in [-0.2, 0) is 0 Å². The van der Waals surface area contributed by atoms with Gasteiger partial charge in [-0.3, -0.25) is 0 Å². The Morgan fingerprint density at radius 3 is 1.72 bits per heavy atom. The minimum absolute atomic E-state index is 0.0114. The topological polar surface area (TPSA) is 13.1 Å². The highest BCUT2D eigenvalue weighted by Crippen LogP contribution is 2.47. The quantitative estimate of drug-likeness (QED) is 0.195. The van der Waals surface area contributed by atoms with Gasteiger partial charge in [0.2, 0.25) is 0 Å². The zero-order valence-corrected chi connectivity index (χ0v) is 22.0. The van der Waals surface area contributed by atoms with Gasteiger partial charge in [0.1, 0.15) is 11.2 Å². The molecular formula is C42H26O. The molecule has 0 amide bonds. The molecule has 9 rings (SSSR count). The van der Waals surface area contributed by atoms with Crippen LogP contribution in [0.2, 0.25) is 0 Å². The molecule has 0 N–H and O–H groups in total. The van der Waals surface area contributed by atoms with Gasteiger partial charge in [-0.2, -0.15) is 0 Å². The second kappa shape index (κ2) is 9.44. The van der Waals surface area contributed by atoms with E-state index in [0.717, 1.165) is 0 Å². The van der Waals surface area contributed by atoms with Gasteiger partial charge in [-0.25, -0.2) is 0 Å². The molecule has 8 aromatic carbocycles. The van der Waals surface area contributed by atoms with Gasteiger partial charge in [0.05, 0.1) is 24.7 Å². The monoisotopic (exact) mass is 564 g/mol. The molecular weight excluding hydrogens is 520 g/mol. The van der Waals surface area contributed by atoms with Crippen LogP contribution in [-0.4, -0.2) is 0 Å². The molecule has 9 aromatic rings. The number of rotatable bonds is 3. The zero-order valence-electron chi connectivity index (χ0n) is 40.0. The van der Waals surface area contributed by atoms with E-state index in [0.29, 0.717) is 27.1 Å². The first-order valence-corrected chi connectivity index (χ1v) is 13.3. The Hall–Kier alpha value is -5.66. The summed E-state index contributed by atoms with van der Waals surface area (Å²) < 4.78 is 164. The summed E-state index contributed by atoms with van der Waals surface area (Å²) in [6.07, 6.45) is 0. The maximum atomic E-state index is 9.61. The van der Waals surface area contributed by atoms with Crippen LogP contribution in [0.1, 0.15) is 24.7 Å². The van der Waals surface area contributed by atoms with Gasteiger partial charge in [-0.15, -0.1) is 0 Å². The van der Waals surface area contributed by atoms with Crippen LogP contribution in [0.5, 0.6) is 0 Å². The number of hydrogen-bond acceptors (Lipinski definition) is 1. The summed E-state index contributed by atoms with van der Waals surface area (Å²) in [5.74, 6) is 0. The van der Waals surface area contributed by atoms with E-state index < -0.39 is 125 Å². The first-order chi connectivity index (χ1) is 28.8. The summed E-state index contributed by atoms with van der Waals surface area (Å²) in [6, 6.07) is 2.51. The highest BCUT2D eigenvalue weighted by molar-refractivity contribution is 6.25. The van der Waals surface area contributed by atoms with Gasteiger partial charge in [-0.05, 0) is 89.9 Å². The maximum absolute atomic E-state index is 9.61. The molecule has 0 fully saturated rings. The number of hydrogen-bond donors (Lipinski definition) is 0. The number of furan rings is 1. The van der Waals surface area contributed by atoms with Crippen molar-refractivity contribution >= 4 is 54.3 Å². The lowest BCUT2D eigenvalue weighted by atomic mass is 9.84. The molecule has 0 aliphatic heterocycles. The van der Waals surface area contributed by atoms with Gasteiger partial charge in [0, 0.05) is 10.8 Å². The Labute approximate surface area is 274 Å². The van der Waals surface area contributed by atoms with Gasteiger partial charge in [0.25, 0.3) is 0 Å². The van der Waals surface area contributed by atoms with Crippen molar-refractivity contribution in [3.63, 3.8) is 0 Å². The van der Waals surface area contributed by atoms with Crippen molar-refractivity contribution in [3.8, 4) is 33.4 Å². The second-order valence-corrected chi connectivity index (χ2v) is 9.85. The minimum Gasteiger partial charge on any atom is -0.456 e. The molecule has 200 valence electrons. The molecule has 0 aliphatic rings. The first kappa shape index (κ1) is 12.3. The molecule has 0 atom stereocenters. The van der Waals surface area contributed by atoms with Crippen LogP contribution in [0.15, 0.2) is 162 Å². The SMILES string of the molecule is [2H]c1c([2H])c([2H])c(-c2c([2H])c([2H])c3c([2H])c(-c4c5ccccc5c(-c5c([2H])c([2H])c([2H])c6oc7c([2H])c([2H])c([2H])c([2H])c7c56)c5ccccc45)c([2H])c([2H])c3c2[2H])c([2H])c1[2H]. The summed E-state index contributed by atoms with van der Waals surface area (Å²) in [6.45, 7) is 0. The van der Waals surface area contributed by atoms with Gasteiger partial charge < -0.3 is 4.42 Å². The Morgan fingerprint density at radius 2 is 1.00 bits per heavy atom. The molecule has 0 saturated carbocycles. The molecule has 1 heteroatoms. The predicted molar refractivity (Wildman–Crippen MR) is 183 cm³/mol. The third-order valence-electron chi connectivity index (χ3n) is 7.50. The lowest BCUT2D eigenvalue weighted by Gasteiger charge is -2.18. The van der Waals surface area contributed by atoms with Crippen molar-refractivity contribution in [3.05, 3.63) is 157 Å². The van der Waals surface area contributed by atoms with Crippen LogP contribution in [0.4, 0.5) is 0 Å². The average Bonchev–Trinajstić information content (AvgIpc) is 3.65. The summed E-state index contributed by atoms with van der Waals surface area (Å²) in [7, 11) is 0. The molecule has 0 radical (unpaired) electrons. The normalized spacial score (nSPS) is 17.6. The standard InChI is InChI=1S/C42H26O/c1-2-11-27(12-3-1)28-21-22-30-26-31(24-23-29(30)25-28)40-32-13-4-6-15-34(32)41(35-16-7-5-14-33(35)40)37-18-10-20-39-42(37)36-17-8-9-19-38(36)43-39/h1-26H/i1D,2D,3D,8D,9D,10D,11D,12D,17D,18D,19D,20D,21D,22D,23D,24D,25D,26D. The van der Waals surface area contributed by atoms with E-state index in [1.54, 1.807) is 48.5 Å². The molecule has 0 spiro atoms. The molecule has 0 bridgehead atoms. The summed E-state index contributed by atoms with van der Waals surface area (Å²) >= 11 is 0. The van der Waals surface area contributed by atoms with E-state index in [9.17, 15) is 6.85 Å². The smallest absolute Gasteiger partial charge is 0.136 e. The number of fused-ring (bicyclic) bond motifs is 6. The van der Waals surface area contributed by atoms with Gasteiger partial charge >= 0.3 is 0 Å². The third kappa shape index (κ3) is 3.72. The zero-order chi connectivity index (χ0) is 44.0. The highest BCUT2D eigenvalue weighted by atomic mass is 16.3. The van der Waals surface area contributed by atoms with Crippen LogP contribution in [0.25, 0.3) is 87.6 Å². The number of benzene rings is 8. The molecule has 0 saturated heterocycles. The fraction of sp³-hybridized carbons (Fsp3) is 0. The first-order valence-electron chi connectivity index (χ1n) is 22.3. The van der Waals surface area contributed by atoms with E-state index in [-0.39, 0.29) is 44.0 Å². The second-order valence-electron chi connectivity index (χ2n) is 9.85. The average molecular weight is 565 g/mol. The Morgan fingerprint density at radius 1 is 0.419 bits per heavy atom. The highest BCUT2D eigenvalue weighted by Gasteiger charge is 2.20. The van der Waals surface area contributed by atoms with Crippen molar-refractivity contribution in [2.75, 3.05) is 0 Å². The van der Waals surface area contributed by atoms with Crippen molar-refractivity contribution in [1.82, 2.24) is 0 Å². The molecule has 1 aromatic heterocycles. The van der Waals surface area contributed by atoms with Crippen LogP contribution in [0, 0.1) is 0 Å². The molecule has 0 unspecified atom stereocenters. The van der Waals surface area contributed by atoms with Crippen molar-refractivity contribution in [2.45, 2.75) is 0 Å². The van der Waals surface area contributed by atoms with E-state index in [1.807, 2.05) is 0 Å². The van der Waals surface area contributed by atoms with E-state index in [2.05, 4.69) is 0 Å². The Bertz CT molecular complexity index is 3430. The van der Waals surface area contributed by atoms with Crippen LogP contribution >= 0.6 is 0 Å². The molecule has 1 nitrogen and oxygen atoms in total. The molecule has 0 aliphatic carbocycles. The summed E-state index contributed by atoms with van der Waals surface area (Å²) in [5, 5.41) is 0.662. The van der Waals surface area contributed by atoms with E-state index in [1.165, 1.54) is 0 Å². The Kier molecular flexibility index (Phi) is 2.70. The molecule has 1 heterocycles. The lowest BCUT2D eigenvalue weighted by molar-refractivity contribution is 0.669. The largest absolute Gasteiger partial charge is 0.456 e. The summed E-state index contributed by atoms with van der Waals surface area (Å²) in [4.78, 5) is 0. The lowest BCUT2D eigenvalue weighted by Crippen LogP contribution is -1.91. The fourth-order valence-corrected chi connectivity index (χ4v) is 5.71. The Balaban J connectivity index is 1.45. The van der Waals surface area contributed by atoms with E-state index >= 15 is 0 Å². The number of para-hydroxylation sites is 1. The van der Waals surface area contributed by atoms with Gasteiger partial charge in [0.15, 0.2) is 0 Å². The van der Waals surface area contributed by atoms with Crippen LogP contribution in [0.3, 0.4) is 0 Å². The maximum Gasteiger partial charge on any atom is 0.136 e. The van der Waals surface area contributed by atoms with Crippen molar-refractivity contribution in [1.29, 1.82) is 0 Å². The van der Waals surface area contributed by atoms with Crippen LogP contribution < -0.4 is 0 Å².